The lowest BCUT2D eigenvalue weighted by molar-refractivity contribution is 0.354. The van der Waals surface area contributed by atoms with Gasteiger partial charge in [-0.05, 0) is 42.2 Å². The van der Waals surface area contributed by atoms with Crippen LogP contribution in [0.3, 0.4) is 0 Å². The van der Waals surface area contributed by atoms with Crippen LogP contribution in [0.5, 0.6) is 11.5 Å². The highest BCUT2D eigenvalue weighted by Crippen LogP contribution is 2.28. The van der Waals surface area contributed by atoms with Crippen LogP contribution in [-0.2, 0) is 19.5 Å². The normalized spacial score (nSPS) is 13.0. The molecule has 6 nitrogen and oxygen atoms in total. The van der Waals surface area contributed by atoms with Crippen LogP contribution in [0.4, 0.5) is 11.8 Å². The Morgan fingerprint density at radius 1 is 0.966 bits per heavy atom. The van der Waals surface area contributed by atoms with Gasteiger partial charge in [-0.15, -0.1) is 0 Å². The molecule has 0 atom stereocenters. The minimum atomic E-state index is 0.603. The number of nitrogens with zero attached hydrogens (tertiary/aromatic N) is 3. The molecule has 4 rings (SSSR count). The number of ether oxygens (including phenoxy) is 2. The first-order chi connectivity index (χ1) is 14.2. The van der Waals surface area contributed by atoms with Gasteiger partial charge in [0.1, 0.15) is 5.82 Å². The van der Waals surface area contributed by atoms with Gasteiger partial charge < -0.3 is 19.7 Å². The highest BCUT2D eigenvalue weighted by Gasteiger charge is 2.18. The first-order valence-corrected chi connectivity index (χ1v) is 9.78. The fourth-order valence-corrected chi connectivity index (χ4v) is 3.66. The largest absolute Gasteiger partial charge is 0.493 e. The molecule has 3 aromatic rings. The molecule has 29 heavy (non-hydrogen) atoms. The SMILES string of the molecule is COc1ccc(CNc2nc(C)cc(N3CCc4ccccc4C3)n2)cc1OC. The number of benzene rings is 2. The van der Waals surface area contributed by atoms with Gasteiger partial charge in [0.15, 0.2) is 11.5 Å². The Bertz CT molecular complexity index is 1010. The summed E-state index contributed by atoms with van der Waals surface area (Å²) >= 11 is 0. The van der Waals surface area contributed by atoms with E-state index in [9.17, 15) is 0 Å². The minimum absolute atomic E-state index is 0.603. The average Bonchev–Trinajstić information content (AvgIpc) is 2.76. The molecule has 0 spiro atoms. The third-order valence-electron chi connectivity index (χ3n) is 5.19. The van der Waals surface area contributed by atoms with E-state index in [1.54, 1.807) is 14.2 Å². The number of fused-ring (bicyclic) bond motifs is 1. The molecule has 1 aliphatic rings. The van der Waals surface area contributed by atoms with Gasteiger partial charge in [0.05, 0.1) is 14.2 Å². The number of aryl methyl sites for hydroxylation is 1. The molecular weight excluding hydrogens is 364 g/mol. The summed E-state index contributed by atoms with van der Waals surface area (Å²) in [7, 11) is 3.28. The zero-order chi connectivity index (χ0) is 20.2. The van der Waals surface area contributed by atoms with Crippen LogP contribution in [0.2, 0.25) is 0 Å². The third-order valence-corrected chi connectivity index (χ3v) is 5.19. The maximum absolute atomic E-state index is 5.38. The smallest absolute Gasteiger partial charge is 0.225 e. The molecule has 6 heteroatoms. The highest BCUT2D eigenvalue weighted by molar-refractivity contribution is 5.49. The molecule has 1 aromatic heterocycles. The van der Waals surface area contributed by atoms with Crippen LogP contribution in [0.1, 0.15) is 22.4 Å². The average molecular weight is 390 g/mol. The van der Waals surface area contributed by atoms with E-state index in [1.165, 1.54) is 11.1 Å². The topological polar surface area (TPSA) is 59.5 Å². The molecule has 150 valence electrons. The van der Waals surface area contributed by atoms with E-state index >= 15 is 0 Å². The maximum atomic E-state index is 5.38. The molecule has 0 aliphatic carbocycles. The van der Waals surface area contributed by atoms with Crippen LogP contribution >= 0.6 is 0 Å². The van der Waals surface area contributed by atoms with Crippen molar-refractivity contribution in [2.45, 2.75) is 26.4 Å². The maximum Gasteiger partial charge on any atom is 0.225 e. The zero-order valence-electron chi connectivity index (χ0n) is 17.1. The van der Waals surface area contributed by atoms with Gasteiger partial charge in [-0.25, -0.2) is 4.98 Å². The van der Waals surface area contributed by atoms with Crippen molar-refractivity contribution < 1.29 is 9.47 Å². The summed E-state index contributed by atoms with van der Waals surface area (Å²) in [6.45, 7) is 4.45. The van der Waals surface area contributed by atoms with Crippen LogP contribution in [0, 0.1) is 6.92 Å². The van der Waals surface area contributed by atoms with E-state index in [4.69, 9.17) is 14.5 Å². The van der Waals surface area contributed by atoms with Crippen LogP contribution in [0.15, 0.2) is 48.5 Å². The molecular formula is C23H26N4O2. The summed E-state index contributed by atoms with van der Waals surface area (Å²) in [6, 6.07) is 16.6. The second-order valence-corrected chi connectivity index (χ2v) is 7.17. The van der Waals surface area contributed by atoms with E-state index < -0.39 is 0 Å². The van der Waals surface area contributed by atoms with Crippen LogP contribution in [0.25, 0.3) is 0 Å². The summed E-state index contributed by atoms with van der Waals surface area (Å²) in [4.78, 5) is 11.6. The monoisotopic (exact) mass is 390 g/mol. The number of methoxy groups -OCH3 is 2. The number of nitrogens with one attached hydrogen (secondary N) is 1. The highest BCUT2D eigenvalue weighted by atomic mass is 16.5. The van der Waals surface area contributed by atoms with Crippen LogP contribution < -0.4 is 19.7 Å². The standard InChI is InChI=1S/C23H26N4O2/c1-16-12-22(27-11-10-18-6-4-5-7-19(18)15-27)26-23(25-16)24-14-17-8-9-20(28-2)21(13-17)29-3/h4-9,12-13H,10-11,14-15H2,1-3H3,(H,24,25,26). The first-order valence-electron chi connectivity index (χ1n) is 9.78. The number of aromatic nitrogens is 2. The summed E-state index contributed by atoms with van der Waals surface area (Å²) in [6.07, 6.45) is 1.04. The predicted octanol–water partition coefficient (Wildman–Crippen LogP) is 3.98. The Balaban J connectivity index is 1.49. The van der Waals surface area contributed by atoms with Crippen molar-refractivity contribution in [2.75, 3.05) is 31.0 Å². The Labute approximate surface area is 171 Å². The van der Waals surface area contributed by atoms with Gasteiger partial charge in [-0.2, -0.15) is 4.98 Å². The van der Waals surface area contributed by atoms with Gasteiger partial charge >= 0.3 is 0 Å². The van der Waals surface area contributed by atoms with Crippen molar-refractivity contribution in [1.82, 2.24) is 9.97 Å². The van der Waals surface area contributed by atoms with E-state index in [0.29, 0.717) is 18.2 Å². The lowest BCUT2D eigenvalue weighted by Gasteiger charge is -2.30. The Morgan fingerprint density at radius 2 is 1.76 bits per heavy atom. The van der Waals surface area contributed by atoms with Crippen LogP contribution in [-0.4, -0.2) is 30.7 Å². The molecule has 1 N–H and O–H groups in total. The molecule has 2 aromatic carbocycles. The molecule has 2 heterocycles. The Hall–Kier alpha value is -3.28. The Kier molecular flexibility index (Phi) is 5.51. The number of rotatable bonds is 6. The fraction of sp³-hybridized carbons (Fsp3) is 0.304. The second-order valence-electron chi connectivity index (χ2n) is 7.17. The molecule has 0 saturated heterocycles. The van der Waals surface area contributed by atoms with Crippen molar-refractivity contribution in [3.63, 3.8) is 0 Å². The summed E-state index contributed by atoms with van der Waals surface area (Å²) in [5.74, 6) is 3.02. The van der Waals surface area contributed by atoms with Gasteiger partial charge in [0.25, 0.3) is 0 Å². The van der Waals surface area contributed by atoms with E-state index in [1.807, 2.05) is 25.1 Å². The van der Waals surface area contributed by atoms with Crippen molar-refractivity contribution in [1.29, 1.82) is 0 Å². The van der Waals surface area contributed by atoms with E-state index in [-0.39, 0.29) is 0 Å². The molecule has 0 unspecified atom stereocenters. The van der Waals surface area contributed by atoms with Crippen molar-refractivity contribution in [3.8, 4) is 11.5 Å². The lowest BCUT2D eigenvalue weighted by Crippen LogP contribution is -2.31. The minimum Gasteiger partial charge on any atom is -0.493 e. The Morgan fingerprint density at radius 3 is 2.55 bits per heavy atom. The van der Waals surface area contributed by atoms with Gasteiger partial charge in [0, 0.05) is 31.4 Å². The lowest BCUT2D eigenvalue weighted by atomic mass is 10.00. The quantitative estimate of drug-likeness (QED) is 0.687. The second kappa shape index (κ2) is 8.39. The zero-order valence-corrected chi connectivity index (χ0v) is 17.1. The summed E-state index contributed by atoms with van der Waals surface area (Å²) < 4.78 is 10.7. The van der Waals surface area contributed by atoms with Crippen molar-refractivity contribution in [2.24, 2.45) is 0 Å². The summed E-state index contributed by atoms with van der Waals surface area (Å²) in [5, 5.41) is 3.34. The molecule has 0 saturated carbocycles. The third kappa shape index (κ3) is 4.26. The van der Waals surface area contributed by atoms with Crippen molar-refractivity contribution in [3.05, 3.63) is 70.9 Å². The first kappa shape index (κ1) is 19.1. The number of hydrogen-bond acceptors (Lipinski definition) is 6. The van der Waals surface area contributed by atoms with Crippen molar-refractivity contribution >= 4 is 11.8 Å². The molecule has 0 radical (unpaired) electrons. The molecule has 0 amide bonds. The van der Waals surface area contributed by atoms with E-state index in [2.05, 4.69) is 45.5 Å². The number of anilines is 2. The summed E-state index contributed by atoms with van der Waals surface area (Å²) in [5.41, 5.74) is 4.82. The molecule has 1 aliphatic heterocycles. The van der Waals surface area contributed by atoms with Gasteiger partial charge in [-0.1, -0.05) is 30.3 Å². The molecule has 0 fully saturated rings. The van der Waals surface area contributed by atoms with Gasteiger partial charge in [0.2, 0.25) is 5.95 Å². The van der Waals surface area contributed by atoms with E-state index in [0.717, 1.165) is 42.3 Å². The number of hydrogen-bond donors (Lipinski definition) is 1. The van der Waals surface area contributed by atoms with Gasteiger partial charge in [-0.3, -0.25) is 0 Å². The fourth-order valence-electron chi connectivity index (χ4n) is 3.66. The molecule has 0 bridgehead atoms. The predicted molar refractivity (Wildman–Crippen MR) is 115 cm³/mol.